The third-order valence-electron chi connectivity index (χ3n) is 2.93. The van der Waals surface area contributed by atoms with Gasteiger partial charge in [0.25, 0.3) is 0 Å². The second-order valence-corrected chi connectivity index (χ2v) is 4.38. The van der Waals surface area contributed by atoms with Crippen molar-refractivity contribution >= 4 is 0 Å². The van der Waals surface area contributed by atoms with E-state index in [1.54, 1.807) is 6.07 Å². The molecule has 0 bridgehead atoms. The van der Waals surface area contributed by atoms with Gasteiger partial charge < -0.3 is 10.4 Å². The summed E-state index contributed by atoms with van der Waals surface area (Å²) in [4.78, 5) is 0. The molecule has 0 aliphatic heterocycles. The molecule has 2 heteroatoms. The van der Waals surface area contributed by atoms with E-state index in [0.717, 1.165) is 12.0 Å². The minimum atomic E-state index is 0.253. The molecule has 2 unspecified atom stereocenters. The summed E-state index contributed by atoms with van der Waals surface area (Å²) in [5.41, 5.74) is 1.01. The van der Waals surface area contributed by atoms with Crippen LogP contribution in [-0.4, -0.2) is 11.1 Å². The molecule has 0 aliphatic rings. The number of nitrogens with one attached hydrogen (secondary N) is 1. The van der Waals surface area contributed by atoms with Crippen LogP contribution in [0.5, 0.6) is 5.75 Å². The van der Waals surface area contributed by atoms with Crippen LogP contribution < -0.4 is 5.32 Å². The summed E-state index contributed by atoms with van der Waals surface area (Å²) in [6.07, 6.45) is 3.35. The zero-order valence-electron chi connectivity index (χ0n) is 10.5. The lowest BCUT2D eigenvalue weighted by atomic mass is 10.0. The van der Waals surface area contributed by atoms with Gasteiger partial charge in [0.1, 0.15) is 5.75 Å². The van der Waals surface area contributed by atoms with Crippen molar-refractivity contribution in [2.45, 2.75) is 52.1 Å². The van der Waals surface area contributed by atoms with Crippen molar-refractivity contribution in [3.63, 3.8) is 0 Å². The molecule has 0 amide bonds. The third kappa shape index (κ3) is 3.53. The fraction of sp³-hybridized carbons (Fsp3) is 0.571. The largest absolute Gasteiger partial charge is 0.508 e. The number of para-hydroxylation sites is 1. The maximum atomic E-state index is 9.81. The summed E-state index contributed by atoms with van der Waals surface area (Å²) in [7, 11) is 0. The lowest BCUT2D eigenvalue weighted by Crippen LogP contribution is -2.30. The van der Waals surface area contributed by atoms with Gasteiger partial charge in [0.2, 0.25) is 0 Å². The molecule has 90 valence electrons. The smallest absolute Gasteiger partial charge is 0.120 e. The SMILES string of the molecule is CCCC(C)NC(CC)c1ccccc1O. The zero-order valence-corrected chi connectivity index (χ0v) is 10.5. The lowest BCUT2D eigenvalue weighted by Gasteiger charge is -2.23. The van der Waals surface area contributed by atoms with E-state index in [9.17, 15) is 5.11 Å². The molecule has 0 heterocycles. The number of phenolic OH excluding ortho intramolecular Hbond substituents is 1. The molecule has 1 aromatic rings. The van der Waals surface area contributed by atoms with Crippen LogP contribution in [0.25, 0.3) is 0 Å². The molecule has 0 saturated carbocycles. The van der Waals surface area contributed by atoms with Gasteiger partial charge in [-0.05, 0) is 25.8 Å². The number of hydrogen-bond donors (Lipinski definition) is 2. The van der Waals surface area contributed by atoms with Crippen molar-refractivity contribution in [1.29, 1.82) is 0 Å². The summed E-state index contributed by atoms with van der Waals surface area (Å²) in [5.74, 6) is 0.394. The van der Waals surface area contributed by atoms with Crippen LogP contribution >= 0.6 is 0 Å². The van der Waals surface area contributed by atoms with Crippen LogP contribution in [0.3, 0.4) is 0 Å². The van der Waals surface area contributed by atoms with Crippen LogP contribution in [-0.2, 0) is 0 Å². The van der Waals surface area contributed by atoms with Gasteiger partial charge in [0.05, 0.1) is 0 Å². The van der Waals surface area contributed by atoms with E-state index in [0.29, 0.717) is 11.8 Å². The van der Waals surface area contributed by atoms with Crippen LogP contribution in [0.4, 0.5) is 0 Å². The van der Waals surface area contributed by atoms with Gasteiger partial charge in [0.15, 0.2) is 0 Å². The van der Waals surface area contributed by atoms with Gasteiger partial charge in [-0.2, -0.15) is 0 Å². The highest BCUT2D eigenvalue weighted by molar-refractivity contribution is 5.34. The van der Waals surface area contributed by atoms with Gasteiger partial charge in [-0.25, -0.2) is 0 Å². The quantitative estimate of drug-likeness (QED) is 0.769. The fourth-order valence-corrected chi connectivity index (χ4v) is 2.07. The van der Waals surface area contributed by atoms with Crippen molar-refractivity contribution < 1.29 is 5.11 Å². The number of phenols is 1. The fourth-order valence-electron chi connectivity index (χ4n) is 2.07. The minimum Gasteiger partial charge on any atom is -0.508 e. The Kier molecular flexibility index (Phi) is 5.33. The lowest BCUT2D eigenvalue weighted by molar-refractivity contribution is 0.402. The van der Waals surface area contributed by atoms with Crippen molar-refractivity contribution in [3.8, 4) is 5.75 Å². The molecular formula is C14H23NO. The molecule has 1 rings (SSSR count). The predicted molar refractivity (Wildman–Crippen MR) is 68.6 cm³/mol. The van der Waals surface area contributed by atoms with E-state index in [1.165, 1.54) is 12.8 Å². The van der Waals surface area contributed by atoms with Crippen molar-refractivity contribution in [1.82, 2.24) is 5.32 Å². The summed E-state index contributed by atoms with van der Waals surface area (Å²) in [5, 5.41) is 13.4. The second-order valence-electron chi connectivity index (χ2n) is 4.38. The number of aromatic hydroxyl groups is 1. The normalized spacial score (nSPS) is 14.7. The van der Waals surface area contributed by atoms with E-state index in [4.69, 9.17) is 0 Å². The van der Waals surface area contributed by atoms with Crippen LogP contribution in [0.15, 0.2) is 24.3 Å². The van der Waals surface area contributed by atoms with Crippen molar-refractivity contribution in [2.24, 2.45) is 0 Å². The highest BCUT2D eigenvalue weighted by Crippen LogP contribution is 2.26. The van der Waals surface area contributed by atoms with Gasteiger partial charge in [0, 0.05) is 17.6 Å². The van der Waals surface area contributed by atoms with Crippen LogP contribution in [0, 0.1) is 0 Å². The summed E-state index contributed by atoms with van der Waals surface area (Å²) in [6, 6.07) is 8.34. The topological polar surface area (TPSA) is 32.3 Å². The van der Waals surface area contributed by atoms with Gasteiger partial charge in [-0.15, -0.1) is 0 Å². The molecule has 0 spiro atoms. The Balaban J connectivity index is 2.71. The number of hydrogen-bond acceptors (Lipinski definition) is 2. The Bertz CT molecular complexity index is 311. The Labute approximate surface area is 98.7 Å². The van der Waals surface area contributed by atoms with E-state index >= 15 is 0 Å². The van der Waals surface area contributed by atoms with E-state index in [1.807, 2.05) is 18.2 Å². The van der Waals surface area contributed by atoms with Crippen molar-refractivity contribution in [3.05, 3.63) is 29.8 Å². The number of rotatable bonds is 6. The second kappa shape index (κ2) is 6.54. The maximum absolute atomic E-state index is 9.81. The third-order valence-corrected chi connectivity index (χ3v) is 2.93. The molecule has 1 aromatic carbocycles. The molecule has 2 atom stereocenters. The first kappa shape index (κ1) is 13.0. The molecule has 2 nitrogen and oxygen atoms in total. The van der Waals surface area contributed by atoms with Gasteiger partial charge >= 0.3 is 0 Å². The first-order chi connectivity index (χ1) is 7.69. The first-order valence-electron chi connectivity index (χ1n) is 6.23. The maximum Gasteiger partial charge on any atom is 0.120 e. The molecule has 0 saturated heterocycles. The Morgan fingerprint density at radius 1 is 1.25 bits per heavy atom. The summed E-state index contributed by atoms with van der Waals surface area (Å²) >= 11 is 0. The average Bonchev–Trinajstić information content (AvgIpc) is 2.27. The highest BCUT2D eigenvalue weighted by atomic mass is 16.3. The predicted octanol–water partition coefficient (Wildman–Crippen LogP) is 3.62. The van der Waals surface area contributed by atoms with E-state index in [2.05, 4.69) is 26.1 Å². The van der Waals surface area contributed by atoms with Crippen LogP contribution in [0.1, 0.15) is 51.6 Å². The standard InChI is InChI=1S/C14H23NO/c1-4-8-11(3)15-13(5-2)12-9-6-7-10-14(12)16/h6-7,9-11,13,15-16H,4-5,8H2,1-3H3. The highest BCUT2D eigenvalue weighted by Gasteiger charge is 2.14. The number of benzene rings is 1. The van der Waals surface area contributed by atoms with E-state index < -0.39 is 0 Å². The van der Waals surface area contributed by atoms with Crippen molar-refractivity contribution in [2.75, 3.05) is 0 Å². The van der Waals surface area contributed by atoms with Gasteiger partial charge in [-0.1, -0.05) is 38.5 Å². The molecular weight excluding hydrogens is 198 g/mol. The molecule has 16 heavy (non-hydrogen) atoms. The Morgan fingerprint density at radius 3 is 2.50 bits per heavy atom. The average molecular weight is 221 g/mol. The van der Waals surface area contributed by atoms with Crippen LogP contribution in [0.2, 0.25) is 0 Å². The Morgan fingerprint density at radius 2 is 1.94 bits per heavy atom. The van der Waals surface area contributed by atoms with Gasteiger partial charge in [-0.3, -0.25) is 0 Å². The molecule has 0 aromatic heterocycles. The minimum absolute atomic E-state index is 0.253. The van der Waals surface area contributed by atoms with E-state index in [-0.39, 0.29) is 6.04 Å². The molecule has 0 radical (unpaired) electrons. The molecule has 2 N–H and O–H groups in total. The zero-order chi connectivity index (χ0) is 12.0. The first-order valence-corrected chi connectivity index (χ1v) is 6.23. The summed E-state index contributed by atoms with van der Waals surface area (Å²) < 4.78 is 0. The molecule has 0 aliphatic carbocycles. The Hall–Kier alpha value is -1.02. The monoisotopic (exact) mass is 221 g/mol. The molecule has 0 fully saturated rings. The summed E-state index contributed by atoms with van der Waals surface area (Å²) in [6.45, 7) is 6.54.